The molecule has 0 saturated carbocycles. The lowest BCUT2D eigenvalue weighted by Crippen LogP contribution is -2.02. The van der Waals surface area contributed by atoms with E-state index in [1.807, 2.05) is 0 Å². The second-order valence-electron chi connectivity index (χ2n) is 3.31. The molecule has 92 valence electrons. The fourth-order valence-corrected chi connectivity index (χ4v) is 2.77. The number of rotatable bonds is 3. The molecule has 2 aromatic rings. The van der Waals surface area contributed by atoms with E-state index in [4.69, 9.17) is 5.11 Å². The van der Waals surface area contributed by atoms with Crippen molar-refractivity contribution in [2.75, 3.05) is 0 Å². The van der Waals surface area contributed by atoms with Crippen LogP contribution < -0.4 is 0 Å². The number of carboxylic acid groups (broad SMARTS) is 1. The van der Waals surface area contributed by atoms with Crippen molar-refractivity contribution in [3.05, 3.63) is 52.4 Å². The SMILES string of the molecule is O=C(O)c1c(F)cccc1Sc1ncccc1Br. The maximum absolute atomic E-state index is 13.5. The van der Waals surface area contributed by atoms with Crippen LogP contribution in [0.4, 0.5) is 4.39 Å². The van der Waals surface area contributed by atoms with Gasteiger partial charge in [-0.3, -0.25) is 0 Å². The van der Waals surface area contributed by atoms with Gasteiger partial charge in [0.25, 0.3) is 0 Å². The first-order valence-electron chi connectivity index (χ1n) is 4.90. The Labute approximate surface area is 115 Å². The molecule has 18 heavy (non-hydrogen) atoms. The highest BCUT2D eigenvalue weighted by Crippen LogP contribution is 2.34. The maximum atomic E-state index is 13.5. The van der Waals surface area contributed by atoms with Gasteiger partial charge in [-0.05, 0) is 40.2 Å². The number of hydrogen-bond acceptors (Lipinski definition) is 3. The summed E-state index contributed by atoms with van der Waals surface area (Å²) in [4.78, 5) is 15.5. The Balaban J connectivity index is 2.44. The highest BCUT2D eigenvalue weighted by atomic mass is 79.9. The van der Waals surface area contributed by atoms with Crippen molar-refractivity contribution in [1.82, 2.24) is 4.98 Å². The number of benzene rings is 1. The Kier molecular flexibility index (Phi) is 3.98. The number of hydrogen-bond donors (Lipinski definition) is 1. The molecule has 2 rings (SSSR count). The summed E-state index contributed by atoms with van der Waals surface area (Å²) in [7, 11) is 0. The Morgan fingerprint density at radius 3 is 2.78 bits per heavy atom. The van der Waals surface area contributed by atoms with Crippen LogP contribution in [-0.4, -0.2) is 16.1 Å². The maximum Gasteiger partial charge on any atom is 0.339 e. The molecular formula is C12H7BrFNO2S. The number of aromatic nitrogens is 1. The van der Waals surface area contributed by atoms with Crippen molar-refractivity contribution >= 4 is 33.7 Å². The minimum Gasteiger partial charge on any atom is -0.478 e. The van der Waals surface area contributed by atoms with Gasteiger partial charge in [-0.1, -0.05) is 17.8 Å². The van der Waals surface area contributed by atoms with Crippen LogP contribution in [0.1, 0.15) is 10.4 Å². The molecule has 0 spiro atoms. The largest absolute Gasteiger partial charge is 0.478 e. The Bertz CT molecular complexity index is 606. The molecule has 1 heterocycles. The van der Waals surface area contributed by atoms with Gasteiger partial charge in [-0.15, -0.1) is 0 Å². The number of halogens is 2. The molecule has 0 fully saturated rings. The van der Waals surface area contributed by atoms with Gasteiger partial charge in [0, 0.05) is 11.1 Å². The van der Waals surface area contributed by atoms with Crippen LogP contribution in [-0.2, 0) is 0 Å². The van der Waals surface area contributed by atoms with Crippen LogP contribution in [0.25, 0.3) is 0 Å². The van der Waals surface area contributed by atoms with Crippen molar-refractivity contribution in [3.63, 3.8) is 0 Å². The topological polar surface area (TPSA) is 50.2 Å². The molecule has 1 aromatic carbocycles. The van der Waals surface area contributed by atoms with Gasteiger partial charge in [0.05, 0.1) is 4.47 Å². The zero-order chi connectivity index (χ0) is 13.1. The number of carbonyl (C=O) groups is 1. The second-order valence-corrected chi connectivity index (χ2v) is 5.20. The number of nitrogens with zero attached hydrogens (tertiary/aromatic N) is 1. The summed E-state index contributed by atoms with van der Waals surface area (Å²) >= 11 is 4.41. The third-order valence-electron chi connectivity index (χ3n) is 2.12. The van der Waals surface area contributed by atoms with E-state index in [0.717, 1.165) is 22.3 Å². The van der Waals surface area contributed by atoms with Gasteiger partial charge in [-0.2, -0.15) is 0 Å². The third kappa shape index (κ3) is 2.70. The lowest BCUT2D eigenvalue weighted by Gasteiger charge is -2.07. The van der Waals surface area contributed by atoms with Crippen LogP contribution in [0, 0.1) is 5.82 Å². The summed E-state index contributed by atoms with van der Waals surface area (Å²) in [6.07, 6.45) is 1.59. The third-order valence-corrected chi connectivity index (χ3v) is 4.10. The van der Waals surface area contributed by atoms with Crippen LogP contribution in [0.2, 0.25) is 0 Å². The van der Waals surface area contributed by atoms with E-state index in [-0.39, 0.29) is 5.56 Å². The van der Waals surface area contributed by atoms with Gasteiger partial charge in [0.1, 0.15) is 16.4 Å². The van der Waals surface area contributed by atoms with E-state index in [0.29, 0.717) is 9.92 Å². The Hall–Kier alpha value is -1.40. The summed E-state index contributed by atoms with van der Waals surface area (Å²) in [6.45, 7) is 0. The predicted octanol–water partition coefficient (Wildman–Crippen LogP) is 3.83. The first kappa shape index (κ1) is 13.0. The molecule has 1 N–H and O–H groups in total. The first-order valence-corrected chi connectivity index (χ1v) is 6.50. The lowest BCUT2D eigenvalue weighted by molar-refractivity contribution is 0.0688. The van der Waals surface area contributed by atoms with Crippen molar-refractivity contribution in [2.24, 2.45) is 0 Å². The van der Waals surface area contributed by atoms with Crippen molar-refractivity contribution in [2.45, 2.75) is 9.92 Å². The summed E-state index contributed by atoms with van der Waals surface area (Å²) in [6, 6.07) is 7.69. The molecule has 0 aliphatic rings. The zero-order valence-corrected chi connectivity index (χ0v) is 11.3. The number of aromatic carboxylic acids is 1. The quantitative estimate of drug-likeness (QED) is 0.930. The summed E-state index contributed by atoms with van der Waals surface area (Å²) in [5.41, 5.74) is -0.333. The molecule has 3 nitrogen and oxygen atoms in total. The molecule has 0 unspecified atom stereocenters. The average Bonchev–Trinajstić information content (AvgIpc) is 2.31. The molecule has 0 aliphatic carbocycles. The summed E-state index contributed by atoms with van der Waals surface area (Å²) in [5, 5.41) is 9.60. The molecule has 0 saturated heterocycles. The molecule has 0 atom stereocenters. The van der Waals surface area contributed by atoms with E-state index in [1.165, 1.54) is 6.07 Å². The molecule has 6 heteroatoms. The zero-order valence-electron chi connectivity index (χ0n) is 8.93. The van der Waals surface area contributed by atoms with E-state index in [2.05, 4.69) is 20.9 Å². The normalized spacial score (nSPS) is 10.3. The van der Waals surface area contributed by atoms with Gasteiger partial charge in [-0.25, -0.2) is 14.2 Å². The van der Waals surface area contributed by atoms with E-state index in [1.54, 1.807) is 24.4 Å². The van der Waals surface area contributed by atoms with Gasteiger partial charge in [0.15, 0.2) is 0 Å². The molecule has 0 aliphatic heterocycles. The monoisotopic (exact) mass is 327 g/mol. The highest BCUT2D eigenvalue weighted by molar-refractivity contribution is 9.10. The van der Waals surface area contributed by atoms with Crippen LogP contribution >= 0.6 is 27.7 Å². The molecule has 0 bridgehead atoms. The Morgan fingerprint density at radius 2 is 2.11 bits per heavy atom. The van der Waals surface area contributed by atoms with Crippen molar-refractivity contribution in [3.8, 4) is 0 Å². The van der Waals surface area contributed by atoms with Gasteiger partial charge < -0.3 is 5.11 Å². The minimum absolute atomic E-state index is 0.321. The van der Waals surface area contributed by atoms with Crippen molar-refractivity contribution in [1.29, 1.82) is 0 Å². The predicted molar refractivity (Wildman–Crippen MR) is 69.4 cm³/mol. The lowest BCUT2D eigenvalue weighted by atomic mass is 10.2. The minimum atomic E-state index is -1.29. The van der Waals surface area contributed by atoms with Gasteiger partial charge in [0.2, 0.25) is 0 Å². The number of pyridine rings is 1. The average molecular weight is 328 g/mol. The standard InChI is InChI=1S/C12H7BrFNO2S/c13-7-3-2-6-15-11(7)18-9-5-1-4-8(14)10(9)12(16)17/h1-6H,(H,16,17). The van der Waals surface area contributed by atoms with Crippen LogP contribution in [0.15, 0.2) is 50.9 Å². The van der Waals surface area contributed by atoms with E-state index in [9.17, 15) is 9.18 Å². The van der Waals surface area contributed by atoms with E-state index < -0.39 is 11.8 Å². The summed E-state index contributed by atoms with van der Waals surface area (Å²) in [5.74, 6) is -2.04. The Morgan fingerprint density at radius 1 is 1.33 bits per heavy atom. The summed E-state index contributed by atoms with van der Waals surface area (Å²) < 4.78 is 14.2. The molecule has 1 aromatic heterocycles. The fourth-order valence-electron chi connectivity index (χ4n) is 1.35. The molecule has 0 amide bonds. The molecular weight excluding hydrogens is 321 g/mol. The van der Waals surface area contributed by atoms with E-state index >= 15 is 0 Å². The van der Waals surface area contributed by atoms with Crippen LogP contribution in [0.5, 0.6) is 0 Å². The van der Waals surface area contributed by atoms with Crippen LogP contribution in [0.3, 0.4) is 0 Å². The number of carboxylic acids is 1. The smallest absolute Gasteiger partial charge is 0.339 e. The first-order chi connectivity index (χ1) is 8.59. The van der Waals surface area contributed by atoms with Gasteiger partial charge >= 0.3 is 5.97 Å². The highest BCUT2D eigenvalue weighted by Gasteiger charge is 2.17. The van der Waals surface area contributed by atoms with Crippen molar-refractivity contribution < 1.29 is 14.3 Å². The second kappa shape index (κ2) is 5.49. The fraction of sp³-hybridized carbons (Fsp3) is 0. The molecule has 0 radical (unpaired) electrons.